The Kier molecular flexibility index (Phi) is 8.82. The number of hydrogen-bond donors (Lipinski definition) is 0. The summed E-state index contributed by atoms with van der Waals surface area (Å²) in [4.78, 5) is 35.2. The van der Waals surface area contributed by atoms with Crippen LogP contribution in [0, 0.1) is 0 Å². The van der Waals surface area contributed by atoms with Crippen LogP contribution in [0.1, 0.15) is 64.7 Å². The molecule has 2 aromatic rings. The van der Waals surface area contributed by atoms with E-state index >= 15 is 0 Å². The molecule has 1 aliphatic heterocycles. The lowest BCUT2D eigenvalue weighted by molar-refractivity contribution is -0.136. The number of unbranched alkanes of at least 4 members (excludes halogenated alkanes) is 3. The predicted octanol–water partition coefficient (Wildman–Crippen LogP) is 3.61. The molecule has 32 heavy (non-hydrogen) atoms. The number of para-hydroxylation sites is 1. The minimum atomic E-state index is -0.0339. The first-order valence-electron chi connectivity index (χ1n) is 12.0. The van der Waals surface area contributed by atoms with E-state index in [2.05, 4.69) is 25.7 Å². The van der Waals surface area contributed by atoms with Crippen LogP contribution in [0.2, 0.25) is 0 Å². The van der Waals surface area contributed by atoms with Gasteiger partial charge in [0.1, 0.15) is 5.82 Å². The van der Waals surface area contributed by atoms with E-state index in [1.165, 1.54) is 12.8 Å². The molecular formula is C25H38N4O3. The van der Waals surface area contributed by atoms with Crippen LogP contribution >= 0.6 is 0 Å². The third-order valence-corrected chi connectivity index (χ3v) is 6.56. The van der Waals surface area contributed by atoms with Gasteiger partial charge in [0.15, 0.2) is 0 Å². The molecule has 0 aliphatic carbocycles. The Balaban J connectivity index is 1.76. The highest BCUT2D eigenvalue weighted by Gasteiger charge is 2.31. The minimum Gasteiger partial charge on any atom is -0.383 e. The second-order valence-electron chi connectivity index (χ2n) is 8.85. The topological polar surface area (TPSA) is 67.7 Å². The number of methoxy groups -OCH3 is 1. The van der Waals surface area contributed by atoms with Crippen molar-refractivity contribution in [3.8, 4) is 0 Å². The van der Waals surface area contributed by atoms with Crippen LogP contribution in [-0.2, 0) is 16.1 Å². The van der Waals surface area contributed by atoms with Crippen molar-refractivity contribution in [1.82, 2.24) is 19.4 Å². The summed E-state index contributed by atoms with van der Waals surface area (Å²) in [7, 11) is 1.64. The van der Waals surface area contributed by atoms with Gasteiger partial charge < -0.3 is 9.64 Å². The molecule has 2 atom stereocenters. The summed E-state index contributed by atoms with van der Waals surface area (Å²) in [6.07, 6.45) is 5.11. The Morgan fingerprint density at radius 1 is 1.22 bits per heavy atom. The van der Waals surface area contributed by atoms with Crippen LogP contribution in [0.25, 0.3) is 10.9 Å². The van der Waals surface area contributed by atoms with E-state index in [0.29, 0.717) is 31.5 Å². The van der Waals surface area contributed by atoms with Crippen molar-refractivity contribution in [2.24, 2.45) is 0 Å². The Hall–Kier alpha value is -2.25. The zero-order valence-corrected chi connectivity index (χ0v) is 20.0. The number of aromatic nitrogens is 2. The van der Waals surface area contributed by atoms with Crippen LogP contribution in [0.5, 0.6) is 0 Å². The van der Waals surface area contributed by atoms with Crippen LogP contribution in [-0.4, -0.2) is 64.7 Å². The largest absolute Gasteiger partial charge is 0.383 e. The van der Waals surface area contributed by atoms with E-state index in [-0.39, 0.29) is 23.6 Å². The van der Waals surface area contributed by atoms with Gasteiger partial charge in [0.25, 0.3) is 5.56 Å². The van der Waals surface area contributed by atoms with Gasteiger partial charge in [0.05, 0.1) is 30.1 Å². The number of carbonyl (C=O) groups is 1. The molecular weight excluding hydrogens is 404 g/mol. The van der Waals surface area contributed by atoms with Crippen molar-refractivity contribution < 1.29 is 9.53 Å². The lowest BCUT2D eigenvalue weighted by atomic mass is 10.1. The first kappa shape index (κ1) is 24.4. The smallest absolute Gasteiger partial charge is 0.261 e. The molecule has 0 radical (unpaired) electrons. The second kappa shape index (κ2) is 11.6. The van der Waals surface area contributed by atoms with Gasteiger partial charge in [-0.15, -0.1) is 0 Å². The van der Waals surface area contributed by atoms with Gasteiger partial charge in [0, 0.05) is 39.2 Å². The van der Waals surface area contributed by atoms with Crippen LogP contribution < -0.4 is 5.56 Å². The Labute approximate surface area is 191 Å². The number of fused-ring (bicyclic) bond motifs is 1. The SMILES string of the molecule is CCCCCCC(=O)N1CCN(C(C)c2nc3ccccc3c(=O)n2CCOC)CC1C. The zero-order valence-electron chi connectivity index (χ0n) is 20.0. The lowest BCUT2D eigenvalue weighted by Crippen LogP contribution is -2.54. The summed E-state index contributed by atoms with van der Waals surface area (Å²) in [5, 5.41) is 0.631. The molecule has 1 saturated heterocycles. The van der Waals surface area contributed by atoms with Crippen molar-refractivity contribution >= 4 is 16.8 Å². The summed E-state index contributed by atoms with van der Waals surface area (Å²) in [6.45, 7) is 9.60. The number of rotatable bonds is 10. The molecule has 1 aromatic heterocycles. The summed E-state index contributed by atoms with van der Waals surface area (Å²) in [5.41, 5.74) is 0.699. The number of nitrogens with zero attached hydrogens (tertiary/aromatic N) is 4. The monoisotopic (exact) mass is 442 g/mol. The second-order valence-corrected chi connectivity index (χ2v) is 8.85. The highest BCUT2D eigenvalue weighted by molar-refractivity contribution is 5.77. The van der Waals surface area contributed by atoms with Gasteiger partial charge in [-0.25, -0.2) is 4.98 Å². The lowest BCUT2D eigenvalue weighted by Gasteiger charge is -2.42. The van der Waals surface area contributed by atoms with E-state index in [0.717, 1.165) is 37.3 Å². The van der Waals surface area contributed by atoms with E-state index < -0.39 is 0 Å². The fraction of sp³-hybridized carbons (Fsp3) is 0.640. The van der Waals surface area contributed by atoms with Crippen molar-refractivity contribution in [3.05, 3.63) is 40.4 Å². The Bertz CT molecular complexity index is 958. The maximum absolute atomic E-state index is 13.2. The number of piperazine rings is 1. The number of benzene rings is 1. The molecule has 0 saturated carbocycles. The number of hydrogen-bond acceptors (Lipinski definition) is 5. The van der Waals surface area contributed by atoms with E-state index in [1.807, 2.05) is 29.2 Å². The molecule has 2 unspecified atom stereocenters. The molecule has 7 nitrogen and oxygen atoms in total. The Morgan fingerprint density at radius 3 is 2.72 bits per heavy atom. The molecule has 3 rings (SSSR count). The molecule has 1 amide bonds. The van der Waals surface area contributed by atoms with Gasteiger partial charge >= 0.3 is 0 Å². The highest BCUT2D eigenvalue weighted by Crippen LogP contribution is 2.24. The molecule has 0 N–H and O–H groups in total. The molecule has 1 fully saturated rings. The van der Waals surface area contributed by atoms with Crippen LogP contribution in [0.4, 0.5) is 0 Å². The maximum Gasteiger partial charge on any atom is 0.261 e. The van der Waals surface area contributed by atoms with Gasteiger partial charge in [-0.05, 0) is 32.4 Å². The molecule has 1 aliphatic rings. The molecule has 0 spiro atoms. The van der Waals surface area contributed by atoms with Crippen molar-refractivity contribution in [2.75, 3.05) is 33.4 Å². The number of carbonyl (C=O) groups excluding carboxylic acids is 1. The fourth-order valence-electron chi connectivity index (χ4n) is 4.62. The summed E-state index contributed by atoms with van der Waals surface area (Å²) in [6, 6.07) is 7.61. The third kappa shape index (κ3) is 5.56. The third-order valence-electron chi connectivity index (χ3n) is 6.56. The molecule has 0 bridgehead atoms. The molecule has 2 heterocycles. The summed E-state index contributed by atoms with van der Waals surface area (Å²) < 4.78 is 7.01. The number of ether oxygens (including phenoxy) is 1. The zero-order chi connectivity index (χ0) is 23.1. The standard InChI is InChI=1S/C25H38N4O3/c1-5-6-7-8-13-23(30)28-15-14-27(18-19(28)2)20(3)24-26-22-12-10-9-11-21(22)25(31)29(24)16-17-32-4/h9-12,19-20H,5-8,13-18H2,1-4H3. The quantitative estimate of drug-likeness (QED) is 0.526. The van der Waals surface area contributed by atoms with Crippen molar-refractivity contribution in [2.45, 2.75) is 71.5 Å². The van der Waals surface area contributed by atoms with E-state index in [4.69, 9.17) is 9.72 Å². The number of amides is 1. The normalized spacial score (nSPS) is 18.2. The van der Waals surface area contributed by atoms with Gasteiger partial charge in [0.2, 0.25) is 5.91 Å². The van der Waals surface area contributed by atoms with Crippen LogP contribution in [0.3, 0.4) is 0 Å². The first-order valence-corrected chi connectivity index (χ1v) is 12.0. The molecule has 1 aromatic carbocycles. The van der Waals surface area contributed by atoms with Gasteiger partial charge in [-0.2, -0.15) is 0 Å². The highest BCUT2D eigenvalue weighted by atomic mass is 16.5. The average molecular weight is 443 g/mol. The van der Waals surface area contributed by atoms with E-state index in [9.17, 15) is 9.59 Å². The van der Waals surface area contributed by atoms with Crippen molar-refractivity contribution in [3.63, 3.8) is 0 Å². The van der Waals surface area contributed by atoms with Crippen LogP contribution in [0.15, 0.2) is 29.1 Å². The fourth-order valence-corrected chi connectivity index (χ4v) is 4.62. The van der Waals surface area contributed by atoms with Gasteiger partial charge in [-0.3, -0.25) is 19.1 Å². The summed E-state index contributed by atoms with van der Waals surface area (Å²) >= 11 is 0. The maximum atomic E-state index is 13.2. The predicted molar refractivity (Wildman–Crippen MR) is 128 cm³/mol. The summed E-state index contributed by atoms with van der Waals surface area (Å²) in [5.74, 6) is 1.03. The van der Waals surface area contributed by atoms with E-state index in [1.54, 1.807) is 11.7 Å². The molecule has 7 heteroatoms. The Morgan fingerprint density at radius 2 is 2.00 bits per heavy atom. The average Bonchev–Trinajstić information content (AvgIpc) is 2.80. The first-order chi connectivity index (χ1) is 15.5. The molecule has 176 valence electrons. The van der Waals surface area contributed by atoms with Crippen molar-refractivity contribution in [1.29, 1.82) is 0 Å². The van der Waals surface area contributed by atoms with Gasteiger partial charge in [-0.1, -0.05) is 38.3 Å². The minimum absolute atomic E-state index is 0.0246.